The molecule has 4 N–H and O–H groups in total. The van der Waals surface area contributed by atoms with Gasteiger partial charge in [-0.1, -0.05) is 25.5 Å². The summed E-state index contributed by atoms with van der Waals surface area (Å²) in [6.07, 6.45) is 0. The molecule has 2 aromatic rings. The predicted octanol–water partition coefficient (Wildman–Crippen LogP) is 2.13. The van der Waals surface area contributed by atoms with Crippen molar-refractivity contribution in [3.63, 3.8) is 0 Å². The molecule has 1 aromatic carbocycles. The smallest absolute Gasteiger partial charge is 0.222 e. The zero-order valence-corrected chi connectivity index (χ0v) is 9.28. The number of anilines is 2. The molecular weight excluding hydrogens is 188 g/mol. The van der Waals surface area contributed by atoms with Crippen molar-refractivity contribution in [1.82, 2.24) is 9.97 Å². The maximum atomic E-state index is 5.69. The number of benzene rings is 1. The van der Waals surface area contributed by atoms with Crippen LogP contribution in [0.25, 0.3) is 10.9 Å². The minimum atomic E-state index is 0.217. The van der Waals surface area contributed by atoms with Crippen molar-refractivity contribution in [3.8, 4) is 0 Å². The number of hydrogen-bond donors (Lipinski definition) is 2. The van der Waals surface area contributed by atoms with Crippen LogP contribution < -0.4 is 11.5 Å². The molecule has 0 amide bonds. The highest BCUT2D eigenvalue weighted by atomic mass is 15.0. The molecule has 0 radical (unpaired) electrons. The number of fused-ring (bicyclic) bond motifs is 1. The topological polar surface area (TPSA) is 77.8 Å². The summed E-state index contributed by atoms with van der Waals surface area (Å²) >= 11 is 0. The summed E-state index contributed by atoms with van der Waals surface area (Å²) in [5.41, 5.74) is 13.1. The van der Waals surface area contributed by atoms with E-state index in [1.165, 1.54) is 0 Å². The van der Waals surface area contributed by atoms with Gasteiger partial charge in [0.05, 0.1) is 5.52 Å². The van der Waals surface area contributed by atoms with Crippen LogP contribution >= 0.6 is 0 Å². The van der Waals surface area contributed by atoms with Gasteiger partial charge in [0.25, 0.3) is 0 Å². The second kappa shape index (κ2) is 4.59. The summed E-state index contributed by atoms with van der Waals surface area (Å²) in [6.45, 7) is 6.00. The molecular formula is C11H16N4. The monoisotopic (exact) mass is 204 g/mol. The first-order chi connectivity index (χ1) is 7.16. The first-order valence-electron chi connectivity index (χ1n) is 4.96. The Bertz CT molecular complexity index is 465. The van der Waals surface area contributed by atoms with Gasteiger partial charge in [-0.15, -0.1) is 0 Å². The number of rotatable bonds is 0. The quantitative estimate of drug-likeness (QED) is 0.689. The second-order valence-electron chi connectivity index (χ2n) is 2.99. The zero-order valence-electron chi connectivity index (χ0n) is 9.28. The Kier molecular flexibility index (Phi) is 3.44. The standard InChI is InChI=1S/C9H10N4.C2H6/c1-5-2-3-7-6(4-5)8(10)13-9(11)12-7;1-2/h2-4H,1H3,(H4,10,11,12,13);1-2H3. The fourth-order valence-corrected chi connectivity index (χ4v) is 1.28. The van der Waals surface area contributed by atoms with E-state index in [2.05, 4.69) is 9.97 Å². The molecule has 1 heterocycles. The highest BCUT2D eigenvalue weighted by Gasteiger charge is 2.01. The number of aryl methyl sites for hydroxylation is 1. The van der Waals surface area contributed by atoms with Crippen LogP contribution in [0.3, 0.4) is 0 Å². The molecule has 0 atom stereocenters. The predicted molar refractivity (Wildman–Crippen MR) is 64.4 cm³/mol. The van der Waals surface area contributed by atoms with Gasteiger partial charge in [-0.3, -0.25) is 0 Å². The van der Waals surface area contributed by atoms with E-state index >= 15 is 0 Å². The van der Waals surface area contributed by atoms with Gasteiger partial charge in [-0.25, -0.2) is 4.98 Å². The van der Waals surface area contributed by atoms with Gasteiger partial charge < -0.3 is 11.5 Å². The van der Waals surface area contributed by atoms with Gasteiger partial charge in [-0.2, -0.15) is 4.98 Å². The van der Waals surface area contributed by atoms with E-state index in [0.29, 0.717) is 5.82 Å². The molecule has 0 aliphatic heterocycles. The van der Waals surface area contributed by atoms with Crippen molar-refractivity contribution in [2.75, 3.05) is 11.5 Å². The molecule has 0 fully saturated rings. The number of nitrogens with zero attached hydrogens (tertiary/aromatic N) is 2. The number of hydrogen-bond acceptors (Lipinski definition) is 4. The molecule has 0 aliphatic carbocycles. The summed E-state index contributed by atoms with van der Waals surface area (Å²) in [7, 11) is 0. The molecule has 4 heteroatoms. The van der Waals surface area contributed by atoms with Crippen LogP contribution in [0.2, 0.25) is 0 Å². The molecule has 0 bridgehead atoms. The third kappa shape index (κ3) is 2.34. The molecule has 0 saturated heterocycles. The Morgan fingerprint density at radius 2 is 1.73 bits per heavy atom. The van der Waals surface area contributed by atoms with E-state index in [1.54, 1.807) is 0 Å². The first kappa shape index (κ1) is 11.2. The van der Waals surface area contributed by atoms with E-state index in [4.69, 9.17) is 11.5 Å². The van der Waals surface area contributed by atoms with E-state index in [1.807, 2.05) is 39.0 Å². The minimum Gasteiger partial charge on any atom is -0.383 e. The lowest BCUT2D eigenvalue weighted by molar-refractivity contribution is 1.24. The Morgan fingerprint density at radius 1 is 1.07 bits per heavy atom. The average molecular weight is 204 g/mol. The number of aromatic nitrogens is 2. The molecule has 0 unspecified atom stereocenters. The Balaban J connectivity index is 0.000000531. The highest BCUT2D eigenvalue weighted by Crippen LogP contribution is 2.19. The molecule has 4 nitrogen and oxygen atoms in total. The van der Waals surface area contributed by atoms with Crippen molar-refractivity contribution in [2.24, 2.45) is 0 Å². The third-order valence-electron chi connectivity index (χ3n) is 1.90. The first-order valence-corrected chi connectivity index (χ1v) is 4.96. The van der Waals surface area contributed by atoms with Gasteiger partial charge in [-0.05, 0) is 19.1 Å². The van der Waals surface area contributed by atoms with Crippen LogP contribution in [0.5, 0.6) is 0 Å². The lowest BCUT2D eigenvalue weighted by Crippen LogP contribution is -2.00. The number of nitrogens with two attached hydrogens (primary N) is 2. The van der Waals surface area contributed by atoms with Gasteiger partial charge in [0.15, 0.2) is 0 Å². The summed E-state index contributed by atoms with van der Waals surface area (Å²) in [6, 6.07) is 5.80. The molecule has 15 heavy (non-hydrogen) atoms. The molecule has 0 aliphatic rings. The van der Waals surface area contributed by atoms with E-state index in [-0.39, 0.29) is 5.95 Å². The summed E-state index contributed by atoms with van der Waals surface area (Å²) in [5, 5.41) is 0.856. The van der Waals surface area contributed by atoms with Crippen LogP contribution in [-0.2, 0) is 0 Å². The molecule has 0 saturated carbocycles. The van der Waals surface area contributed by atoms with Gasteiger partial charge in [0.1, 0.15) is 5.82 Å². The molecule has 2 rings (SSSR count). The Hall–Kier alpha value is -1.84. The fraction of sp³-hybridized carbons (Fsp3) is 0.273. The third-order valence-corrected chi connectivity index (χ3v) is 1.90. The van der Waals surface area contributed by atoms with Gasteiger partial charge in [0, 0.05) is 5.39 Å². The summed E-state index contributed by atoms with van der Waals surface area (Å²) in [5.74, 6) is 0.653. The average Bonchev–Trinajstić information content (AvgIpc) is 2.22. The van der Waals surface area contributed by atoms with Crippen LogP contribution in [0.15, 0.2) is 18.2 Å². The maximum Gasteiger partial charge on any atom is 0.222 e. The van der Waals surface area contributed by atoms with Crippen LogP contribution in [0.1, 0.15) is 19.4 Å². The van der Waals surface area contributed by atoms with Crippen LogP contribution in [-0.4, -0.2) is 9.97 Å². The molecule has 0 spiro atoms. The van der Waals surface area contributed by atoms with Crippen molar-refractivity contribution >= 4 is 22.7 Å². The Labute approximate surface area is 89.3 Å². The second-order valence-corrected chi connectivity index (χ2v) is 2.99. The highest BCUT2D eigenvalue weighted by molar-refractivity contribution is 5.89. The van der Waals surface area contributed by atoms with Crippen LogP contribution in [0, 0.1) is 6.92 Å². The Morgan fingerprint density at radius 3 is 2.40 bits per heavy atom. The number of nitrogen functional groups attached to an aromatic ring is 2. The lowest BCUT2D eigenvalue weighted by Gasteiger charge is -2.02. The van der Waals surface area contributed by atoms with Crippen molar-refractivity contribution in [1.29, 1.82) is 0 Å². The van der Waals surface area contributed by atoms with Crippen molar-refractivity contribution in [3.05, 3.63) is 23.8 Å². The van der Waals surface area contributed by atoms with E-state index in [9.17, 15) is 0 Å². The minimum absolute atomic E-state index is 0.217. The van der Waals surface area contributed by atoms with E-state index in [0.717, 1.165) is 16.5 Å². The SMILES string of the molecule is CC.Cc1ccc2nc(N)nc(N)c2c1. The maximum absolute atomic E-state index is 5.69. The van der Waals surface area contributed by atoms with Crippen molar-refractivity contribution in [2.45, 2.75) is 20.8 Å². The van der Waals surface area contributed by atoms with Gasteiger partial charge >= 0.3 is 0 Å². The van der Waals surface area contributed by atoms with Crippen LogP contribution in [0.4, 0.5) is 11.8 Å². The largest absolute Gasteiger partial charge is 0.383 e. The van der Waals surface area contributed by atoms with E-state index < -0.39 is 0 Å². The van der Waals surface area contributed by atoms with Gasteiger partial charge in [0.2, 0.25) is 5.95 Å². The summed E-state index contributed by atoms with van der Waals surface area (Å²) < 4.78 is 0. The summed E-state index contributed by atoms with van der Waals surface area (Å²) in [4.78, 5) is 7.95. The lowest BCUT2D eigenvalue weighted by atomic mass is 10.1. The van der Waals surface area contributed by atoms with Crippen molar-refractivity contribution < 1.29 is 0 Å². The fourth-order valence-electron chi connectivity index (χ4n) is 1.28. The zero-order chi connectivity index (χ0) is 11.4. The normalized spacial score (nSPS) is 9.53. The molecule has 1 aromatic heterocycles. The molecule has 80 valence electrons.